The third-order valence-electron chi connectivity index (χ3n) is 2.89. The molecule has 0 spiro atoms. The van der Waals surface area contributed by atoms with Gasteiger partial charge in [-0.25, -0.2) is 0 Å². The van der Waals surface area contributed by atoms with Crippen LogP contribution in [0.3, 0.4) is 0 Å². The summed E-state index contributed by atoms with van der Waals surface area (Å²) in [6.45, 7) is 0.850. The fraction of sp³-hybridized carbons (Fsp3) is 0.286. The van der Waals surface area contributed by atoms with E-state index in [0.717, 1.165) is 12.3 Å². The zero-order chi connectivity index (χ0) is 12.3. The summed E-state index contributed by atoms with van der Waals surface area (Å²) < 4.78 is 5.21. The quantitative estimate of drug-likeness (QED) is 0.769. The SMILES string of the molecule is COc1ccc2cc(N(C)CCCl)ccc2c1. The minimum Gasteiger partial charge on any atom is -0.497 e. The van der Waals surface area contributed by atoms with Crippen LogP contribution >= 0.6 is 11.6 Å². The summed E-state index contributed by atoms with van der Waals surface area (Å²) in [6, 6.07) is 12.5. The van der Waals surface area contributed by atoms with Gasteiger partial charge in [-0.15, -0.1) is 11.6 Å². The second kappa shape index (κ2) is 5.28. The van der Waals surface area contributed by atoms with Gasteiger partial charge in [-0.05, 0) is 35.0 Å². The van der Waals surface area contributed by atoms with Gasteiger partial charge in [0.2, 0.25) is 0 Å². The van der Waals surface area contributed by atoms with E-state index in [2.05, 4.69) is 29.2 Å². The molecule has 0 aliphatic heterocycles. The summed E-state index contributed by atoms with van der Waals surface area (Å²) in [5.74, 6) is 1.52. The van der Waals surface area contributed by atoms with Gasteiger partial charge in [0, 0.05) is 25.2 Å². The average Bonchev–Trinajstić information content (AvgIpc) is 2.37. The first-order valence-corrected chi connectivity index (χ1v) is 6.13. The Labute approximate surface area is 107 Å². The highest BCUT2D eigenvalue weighted by Gasteiger charge is 2.02. The molecule has 17 heavy (non-hydrogen) atoms. The number of hydrogen-bond donors (Lipinski definition) is 0. The second-order valence-electron chi connectivity index (χ2n) is 4.01. The summed E-state index contributed by atoms with van der Waals surface area (Å²) in [5, 5.41) is 2.40. The standard InChI is InChI=1S/C14H16ClNO/c1-16(8-7-15)13-5-3-12-10-14(17-2)6-4-11(12)9-13/h3-6,9-10H,7-8H2,1-2H3. The molecular formula is C14H16ClNO. The van der Waals surface area contributed by atoms with Crippen molar-refractivity contribution in [1.82, 2.24) is 0 Å². The minimum absolute atomic E-state index is 0.636. The summed E-state index contributed by atoms with van der Waals surface area (Å²) in [7, 11) is 3.73. The minimum atomic E-state index is 0.636. The van der Waals surface area contributed by atoms with E-state index in [1.54, 1.807) is 7.11 Å². The lowest BCUT2D eigenvalue weighted by Crippen LogP contribution is -2.19. The van der Waals surface area contributed by atoms with Crippen molar-refractivity contribution < 1.29 is 4.74 Å². The Morgan fingerprint density at radius 1 is 1.12 bits per heavy atom. The predicted octanol–water partition coefficient (Wildman–Crippen LogP) is 3.52. The molecule has 0 aromatic heterocycles. The molecule has 0 atom stereocenters. The van der Waals surface area contributed by atoms with Crippen LogP contribution in [0.5, 0.6) is 5.75 Å². The highest BCUT2D eigenvalue weighted by atomic mass is 35.5. The van der Waals surface area contributed by atoms with Gasteiger partial charge in [0.25, 0.3) is 0 Å². The van der Waals surface area contributed by atoms with E-state index in [1.807, 2.05) is 19.2 Å². The van der Waals surface area contributed by atoms with Crippen LogP contribution in [-0.2, 0) is 0 Å². The average molecular weight is 250 g/mol. The maximum Gasteiger partial charge on any atom is 0.119 e. The highest BCUT2D eigenvalue weighted by molar-refractivity contribution is 6.18. The zero-order valence-corrected chi connectivity index (χ0v) is 10.9. The van der Waals surface area contributed by atoms with Crippen LogP contribution in [0.4, 0.5) is 5.69 Å². The molecule has 0 N–H and O–H groups in total. The Morgan fingerprint density at radius 2 is 1.82 bits per heavy atom. The Hall–Kier alpha value is -1.41. The molecule has 0 aliphatic carbocycles. The van der Waals surface area contributed by atoms with Gasteiger partial charge < -0.3 is 9.64 Å². The molecular weight excluding hydrogens is 234 g/mol. The van der Waals surface area contributed by atoms with E-state index in [0.29, 0.717) is 5.88 Å². The van der Waals surface area contributed by atoms with Gasteiger partial charge in [-0.1, -0.05) is 12.1 Å². The number of ether oxygens (including phenoxy) is 1. The predicted molar refractivity (Wildman–Crippen MR) is 74.5 cm³/mol. The summed E-state index contributed by atoms with van der Waals surface area (Å²) in [4.78, 5) is 2.15. The topological polar surface area (TPSA) is 12.5 Å². The Bertz CT molecular complexity index is 513. The van der Waals surface area contributed by atoms with Crippen molar-refractivity contribution in [2.75, 3.05) is 31.5 Å². The third kappa shape index (κ3) is 2.64. The van der Waals surface area contributed by atoms with Crippen LogP contribution in [0.2, 0.25) is 0 Å². The molecule has 2 aromatic carbocycles. The Balaban J connectivity index is 2.37. The van der Waals surface area contributed by atoms with Crippen molar-refractivity contribution in [3.8, 4) is 5.75 Å². The van der Waals surface area contributed by atoms with E-state index in [4.69, 9.17) is 16.3 Å². The molecule has 2 nitrogen and oxygen atoms in total. The van der Waals surface area contributed by atoms with Crippen molar-refractivity contribution in [3.05, 3.63) is 36.4 Å². The number of halogens is 1. The zero-order valence-electron chi connectivity index (χ0n) is 10.1. The van der Waals surface area contributed by atoms with E-state index in [-0.39, 0.29) is 0 Å². The largest absolute Gasteiger partial charge is 0.497 e. The number of rotatable bonds is 4. The molecule has 0 saturated carbocycles. The first kappa shape index (κ1) is 12.1. The Kier molecular flexibility index (Phi) is 3.75. The molecule has 0 bridgehead atoms. The molecule has 2 aromatic rings. The molecule has 3 heteroatoms. The molecule has 0 heterocycles. The van der Waals surface area contributed by atoms with E-state index >= 15 is 0 Å². The molecule has 0 radical (unpaired) electrons. The lowest BCUT2D eigenvalue weighted by atomic mass is 10.1. The van der Waals surface area contributed by atoms with Crippen molar-refractivity contribution >= 4 is 28.1 Å². The fourth-order valence-electron chi connectivity index (χ4n) is 1.83. The van der Waals surface area contributed by atoms with Crippen molar-refractivity contribution in [3.63, 3.8) is 0 Å². The molecule has 0 amide bonds. The van der Waals surface area contributed by atoms with Crippen molar-refractivity contribution in [2.45, 2.75) is 0 Å². The number of alkyl halides is 1. The normalized spacial score (nSPS) is 10.5. The first-order chi connectivity index (χ1) is 8.24. The van der Waals surface area contributed by atoms with Gasteiger partial charge in [-0.2, -0.15) is 0 Å². The van der Waals surface area contributed by atoms with Crippen molar-refractivity contribution in [1.29, 1.82) is 0 Å². The molecule has 90 valence electrons. The maximum atomic E-state index is 5.75. The second-order valence-corrected chi connectivity index (χ2v) is 4.39. The number of methoxy groups -OCH3 is 1. The third-order valence-corrected chi connectivity index (χ3v) is 3.06. The van der Waals surface area contributed by atoms with Crippen LogP contribution in [0.1, 0.15) is 0 Å². The van der Waals surface area contributed by atoms with Gasteiger partial charge in [0.1, 0.15) is 5.75 Å². The smallest absolute Gasteiger partial charge is 0.119 e. The van der Waals surface area contributed by atoms with Crippen LogP contribution in [-0.4, -0.2) is 26.6 Å². The molecule has 2 rings (SSSR count). The van der Waals surface area contributed by atoms with Crippen LogP contribution in [0.25, 0.3) is 10.8 Å². The number of anilines is 1. The summed E-state index contributed by atoms with van der Waals surface area (Å²) in [6.07, 6.45) is 0. The number of fused-ring (bicyclic) bond motifs is 1. The first-order valence-electron chi connectivity index (χ1n) is 5.59. The monoisotopic (exact) mass is 249 g/mol. The maximum absolute atomic E-state index is 5.75. The lowest BCUT2D eigenvalue weighted by molar-refractivity contribution is 0.415. The Morgan fingerprint density at radius 3 is 2.53 bits per heavy atom. The van der Waals surface area contributed by atoms with E-state index < -0.39 is 0 Å². The van der Waals surface area contributed by atoms with E-state index in [9.17, 15) is 0 Å². The van der Waals surface area contributed by atoms with Crippen LogP contribution in [0.15, 0.2) is 36.4 Å². The molecule has 0 aliphatic rings. The molecule has 0 fully saturated rings. The molecule has 0 unspecified atom stereocenters. The van der Waals surface area contributed by atoms with Gasteiger partial charge in [-0.3, -0.25) is 0 Å². The van der Waals surface area contributed by atoms with Crippen LogP contribution < -0.4 is 9.64 Å². The number of hydrogen-bond acceptors (Lipinski definition) is 2. The lowest BCUT2D eigenvalue weighted by Gasteiger charge is -2.18. The van der Waals surface area contributed by atoms with Gasteiger partial charge in [0.15, 0.2) is 0 Å². The fourth-order valence-corrected chi connectivity index (χ4v) is 2.09. The van der Waals surface area contributed by atoms with Crippen LogP contribution in [0, 0.1) is 0 Å². The van der Waals surface area contributed by atoms with Gasteiger partial charge >= 0.3 is 0 Å². The molecule has 0 saturated heterocycles. The van der Waals surface area contributed by atoms with Gasteiger partial charge in [0.05, 0.1) is 7.11 Å². The number of nitrogens with zero attached hydrogens (tertiary/aromatic N) is 1. The van der Waals surface area contributed by atoms with Crippen molar-refractivity contribution in [2.24, 2.45) is 0 Å². The number of benzene rings is 2. The summed E-state index contributed by atoms with van der Waals surface area (Å²) >= 11 is 5.75. The highest BCUT2D eigenvalue weighted by Crippen LogP contribution is 2.25. The van der Waals surface area contributed by atoms with E-state index in [1.165, 1.54) is 16.5 Å². The summed E-state index contributed by atoms with van der Waals surface area (Å²) in [5.41, 5.74) is 1.18.